The van der Waals surface area contributed by atoms with Crippen LogP contribution < -0.4 is 0 Å². The average molecular weight is 1780 g/mol. The van der Waals surface area contributed by atoms with E-state index in [1.54, 1.807) is 13.8 Å². The fourth-order valence-electron chi connectivity index (χ4n) is 33.0. The van der Waals surface area contributed by atoms with Gasteiger partial charge >= 0.3 is 12.2 Å². The SMILES string of the molecule is C.C.CCO[C@@H]([C@H]1C[C@@H](C)[C@H]2[C@H](O1)[C@H](O[Si](CC)(CC)CC)[C@@]1(C)[C@@H]3CC[C@H]4C(C)(C)[C@@H](O[C@H]5CN(CC6CN(C(=O)OC(C)(C)C)C6)CCO5)CC[C@@]45C[C@@]35CC[C@]21C)C(C)(C)O.CC[Si](CC)(CC)O[C@H]1[C@H]2O[C@@H]([C@H](O)C(C)(C)O)C[C@@H](C)[C@@H]2[C@@]2(C)CC[C@@]34C[C@@]35CC[C@H](O[C@H]3CN(CC6CN(C(=O)OC(C)(C)C)C6)CCO3)C(C)(C)[C@@H]5CC[C@H]4[C@]12C. The highest BCUT2D eigenvalue weighted by Crippen LogP contribution is 2.92. The largest absolute Gasteiger partial charge is 0.444 e. The second-order valence-corrected chi connectivity index (χ2v) is 58.7. The Bertz CT molecular complexity index is 3660. The number of likely N-dealkylation sites (tertiary alicyclic amines) is 2. The van der Waals surface area contributed by atoms with Gasteiger partial charge in [-0.3, -0.25) is 9.80 Å². The Hall–Kier alpha value is -1.59. The highest BCUT2D eigenvalue weighted by molar-refractivity contribution is 6.74. The second kappa shape index (κ2) is 35.0. The molecule has 4 spiro atoms. The molecular formula is C102H184N4O16Si2. The van der Waals surface area contributed by atoms with Crippen LogP contribution in [0.25, 0.3) is 0 Å². The molecule has 16 aliphatic rings. The maximum atomic E-state index is 12.6. The first-order valence-corrected chi connectivity index (χ1v) is 55.3. The lowest BCUT2D eigenvalue weighted by Crippen LogP contribution is -2.61. The van der Waals surface area contributed by atoms with Gasteiger partial charge in [-0.2, -0.15) is 0 Å². The van der Waals surface area contributed by atoms with E-state index < -0.39 is 51.2 Å². The van der Waals surface area contributed by atoms with Gasteiger partial charge in [-0.1, -0.05) is 126 Å². The number of fused-ring (bicyclic) bond motifs is 8. The van der Waals surface area contributed by atoms with E-state index in [0.29, 0.717) is 101 Å². The van der Waals surface area contributed by atoms with Gasteiger partial charge in [0.05, 0.1) is 73.2 Å². The number of carbonyl (C=O) groups excluding carboxylic acids is 2. The van der Waals surface area contributed by atoms with Crippen molar-refractivity contribution in [2.75, 3.05) is 85.3 Å². The summed E-state index contributed by atoms with van der Waals surface area (Å²) in [6.07, 6.45) is 16.7. The Morgan fingerprint density at radius 3 is 1.18 bits per heavy atom. The van der Waals surface area contributed by atoms with Crippen LogP contribution in [-0.2, 0) is 51.5 Å². The Morgan fingerprint density at radius 2 is 0.831 bits per heavy atom. The first kappa shape index (κ1) is 99.9. The summed E-state index contributed by atoms with van der Waals surface area (Å²) in [4.78, 5) is 33.8. The van der Waals surface area contributed by atoms with Gasteiger partial charge in [0.25, 0.3) is 0 Å². The predicted molar refractivity (Wildman–Crippen MR) is 497 cm³/mol. The molecule has 0 aromatic heterocycles. The van der Waals surface area contributed by atoms with Gasteiger partial charge in [-0.25, -0.2) is 9.59 Å². The molecule has 0 unspecified atom stereocenters. The third-order valence-corrected chi connectivity index (χ3v) is 48.9. The van der Waals surface area contributed by atoms with Crippen molar-refractivity contribution >= 4 is 28.8 Å². The molecule has 0 aromatic rings. The van der Waals surface area contributed by atoms with Crippen molar-refractivity contribution in [2.45, 2.75) is 437 Å². The molecule has 10 saturated carbocycles. The van der Waals surface area contributed by atoms with Crippen LogP contribution >= 0.6 is 0 Å². The van der Waals surface area contributed by atoms with Crippen LogP contribution in [0.4, 0.5) is 9.59 Å². The van der Waals surface area contributed by atoms with Crippen molar-refractivity contribution in [3.8, 4) is 0 Å². The molecule has 0 bridgehead atoms. The molecule has 16 rings (SSSR count). The number of aliphatic hydroxyl groups is 3. The lowest BCUT2D eigenvalue weighted by Gasteiger charge is -2.64. The minimum Gasteiger partial charge on any atom is -0.444 e. The van der Waals surface area contributed by atoms with Gasteiger partial charge in [0, 0.05) is 94.7 Å². The summed E-state index contributed by atoms with van der Waals surface area (Å²) >= 11 is 0. The lowest BCUT2D eigenvalue weighted by molar-refractivity contribution is -0.249. The van der Waals surface area contributed by atoms with E-state index in [2.05, 4.69) is 121 Å². The molecular weight excluding hydrogens is 1590 g/mol. The third-order valence-electron chi connectivity index (χ3n) is 39.7. The van der Waals surface area contributed by atoms with E-state index in [9.17, 15) is 24.9 Å². The van der Waals surface area contributed by atoms with E-state index in [0.717, 1.165) is 127 Å². The van der Waals surface area contributed by atoms with Crippen LogP contribution in [0.15, 0.2) is 0 Å². The number of ether oxygens (including phenoxy) is 9. The Kier molecular flexibility index (Phi) is 28.2. The lowest BCUT2D eigenvalue weighted by atomic mass is 9.41. The smallest absolute Gasteiger partial charge is 0.410 e. The first-order valence-electron chi connectivity index (χ1n) is 50.3. The van der Waals surface area contributed by atoms with Gasteiger partial charge in [-0.15, -0.1) is 0 Å². The molecule has 2 amide bonds. The van der Waals surface area contributed by atoms with Crippen LogP contribution in [0.3, 0.4) is 0 Å². The Balaban J connectivity index is 0.000000210. The van der Waals surface area contributed by atoms with Crippen LogP contribution in [-0.4, -0.2) is 245 Å². The standard InChI is InChI=1S/C51H90N2O8Si.C49H86N2O8Si.2CH4/c1-15-56-42(47(11,12)55)35-27-33(5)40-41(58-35)43(61-62(16-2,17-3)18-4)49(14)37-20-19-36-46(9,10)38(21-22-50(36)32-51(37,50)24-23-48(40,49)13)59-39-31-52(25-26-57-39)28-34-29-53(30-34)44(54)60-45(6,7)8;1-14-60(15-2,16-3)59-41-39-38(31(4)25-33(56-39)40(52)45(10,11)54)46(12)21-22-49-30-48(49)20-19-36(44(8,9)34(48)17-18-35(49)47(41,46)13)57-37-29-50(23-24-55-37)26-32-27-51(28-32)42(53)58-43(5,6)7;;/h33-43,55H,15-32H2,1-14H3;31-41,52,54H,14-30H2,1-13H3;2*1H4/t33-,35-,36+,37+,38+,39+,40+,41+,42+,43+,48-,49-,50-,51+;31-,33-,34+,35+,36+,37+,38+,39+,40+,41+,46-,47-,48-,49+;;/m11../s1. The molecule has 0 radical (unpaired) electrons. The molecule has 6 aliphatic heterocycles. The number of aliphatic hydroxyl groups excluding tert-OH is 1. The number of nitrogens with zero attached hydrogens (tertiary/aromatic N) is 4. The van der Waals surface area contributed by atoms with Crippen LogP contribution in [0.1, 0.15) is 305 Å². The van der Waals surface area contributed by atoms with E-state index >= 15 is 0 Å². The molecule has 16 fully saturated rings. The molecule has 124 heavy (non-hydrogen) atoms. The molecule has 10 aliphatic carbocycles. The Labute approximate surface area is 756 Å². The topological polar surface area (TPSA) is 209 Å². The fourth-order valence-corrected chi connectivity index (χ4v) is 38.9. The average Bonchev–Trinajstić information content (AvgIpc) is 1.46. The third kappa shape index (κ3) is 16.4. The molecule has 3 N–H and O–H groups in total. The van der Waals surface area contributed by atoms with Gasteiger partial charge in [0.2, 0.25) is 0 Å². The summed E-state index contributed by atoms with van der Waals surface area (Å²) < 4.78 is 75.1. The summed E-state index contributed by atoms with van der Waals surface area (Å²) in [5.74, 6) is 4.93. The summed E-state index contributed by atoms with van der Waals surface area (Å²) in [6.45, 7) is 71.0. The number of morpholine rings is 2. The van der Waals surface area contributed by atoms with Gasteiger partial charge in [0.1, 0.15) is 23.4 Å². The molecule has 0 aromatic carbocycles. The van der Waals surface area contributed by atoms with Gasteiger partial charge in [-0.05, 0) is 306 Å². The molecule has 716 valence electrons. The number of carbonyl (C=O) groups is 2. The summed E-state index contributed by atoms with van der Waals surface area (Å²) in [5, 5.41) is 34.0. The van der Waals surface area contributed by atoms with Crippen molar-refractivity contribution in [1.82, 2.24) is 19.6 Å². The summed E-state index contributed by atoms with van der Waals surface area (Å²) in [6, 6.07) is 6.74. The minimum atomic E-state index is -2.05. The first-order chi connectivity index (χ1) is 56.9. The molecule has 6 heterocycles. The molecule has 28 atom stereocenters. The van der Waals surface area contributed by atoms with E-state index in [4.69, 9.17) is 51.5 Å². The maximum absolute atomic E-state index is 12.6. The number of amides is 2. The van der Waals surface area contributed by atoms with E-state index in [1.807, 2.05) is 72.1 Å². The predicted octanol–water partition coefficient (Wildman–Crippen LogP) is 20.1. The summed E-state index contributed by atoms with van der Waals surface area (Å²) in [5.41, 5.74) is -1.60. The maximum Gasteiger partial charge on any atom is 0.410 e. The van der Waals surface area contributed by atoms with Crippen molar-refractivity contribution in [1.29, 1.82) is 0 Å². The summed E-state index contributed by atoms with van der Waals surface area (Å²) in [7, 11) is -4.09. The van der Waals surface area contributed by atoms with Crippen LogP contribution in [0.2, 0.25) is 36.3 Å². The van der Waals surface area contributed by atoms with Crippen molar-refractivity contribution in [3.63, 3.8) is 0 Å². The van der Waals surface area contributed by atoms with Crippen LogP contribution in [0.5, 0.6) is 0 Å². The highest BCUT2D eigenvalue weighted by atomic mass is 28.4. The van der Waals surface area contributed by atoms with Gasteiger partial charge < -0.3 is 76.6 Å². The quantitative estimate of drug-likeness (QED) is 0.0767. The van der Waals surface area contributed by atoms with E-state index in [-0.39, 0.29) is 121 Å². The molecule has 6 saturated heterocycles. The van der Waals surface area contributed by atoms with Crippen molar-refractivity contribution in [2.24, 2.45) is 113 Å². The number of hydrogen-bond donors (Lipinski definition) is 3. The van der Waals surface area contributed by atoms with Crippen molar-refractivity contribution < 1.29 is 76.4 Å². The highest BCUT2D eigenvalue weighted by Gasteiger charge is 2.88. The number of hydrogen-bond acceptors (Lipinski definition) is 18. The molecule has 20 nitrogen and oxygen atoms in total. The van der Waals surface area contributed by atoms with Crippen LogP contribution in [0, 0.1) is 113 Å². The monoisotopic (exact) mass is 1780 g/mol. The zero-order chi connectivity index (χ0) is 88.7. The zero-order valence-electron chi connectivity index (χ0n) is 81.9. The normalized spacial score (nSPS) is 43.5. The second-order valence-electron chi connectivity index (χ2n) is 49.3. The fraction of sp³-hybridized carbons (Fsp3) is 0.980. The Morgan fingerprint density at radius 1 is 0.476 bits per heavy atom. The minimum absolute atomic E-state index is 0. The van der Waals surface area contributed by atoms with E-state index in [1.165, 1.54) is 77.0 Å². The molecule has 22 heteroatoms. The van der Waals surface area contributed by atoms with Crippen molar-refractivity contribution in [3.05, 3.63) is 0 Å². The van der Waals surface area contributed by atoms with Gasteiger partial charge in [0.15, 0.2) is 29.2 Å². The number of rotatable bonds is 24. The zero-order valence-corrected chi connectivity index (χ0v) is 83.9.